The van der Waals surface area contributed by atoms with Crippen LogP contribution in [0.1, 0.15) is 33.2 Å². The summed E-state index contributed by atoms with van der Waals surface area (Å²) in [5.74, 6) is -0.271. The molecule has 4 heterocycles. The third-order valence-electron chi connectivity index (χ3n) is 5.77. The number of hydrogen-bond acceptors (Lipinski definition) is 5. The van der Waals surface area contributed by atoms with Gasteiger partial charge in [0, 0.05) is 42.0 Å². The molecule has 2 aliphatic rings. The fourth-order valence-corrected chi connectivity index (χ4v) is 4.25. The standard InChI is InChI=1S/C24H22FN5O/c1-16-14-19(8-11-27-16)22-21-15-29(24(31)18-6-9-26-10-7-18)12-13-30(21)28-23(22)17-2-4-20(25)5-3-17/h2-11,14,23,28H,12-13,15H2,1H3. The van der Waals surface area contributed by atoms with E-state index in [9.17, 15) is 9.18 Å². The Morgan fingerprint density at radius 2 is 1.84 bits per heavy atom. The van der Waals surface area contributed by atoms with Crippen LogP contribution in [-0.4, -0.2) is 45.4 Å². The largest absolute Gasteiger partial charge is 0.331 e. The number of aromatic nitrogens is 2. The third-order valence-corrected chi connectivity index (χ3v) is 5.77. The second-order valence-corrected chi connectivity index (χ2v) is 7.77. The first-order valence-corrected chi connectivity index (χ1v) is 10.2. The summed E-state index contributed by atoms with van der Waals surface area (Å²) in [5, 5.41) is 2.12. The van der Waals surface area contributed by atoms with E-state index in [0.717, 1.165) is 28.1 Å². The van der Waals surface area contributed by atoms with Gasteiger partial charge in [-0.2, -0.15) is 0 Å². The average molecular weight is 415 g/mol. The Bertz CT molecular complexity index is 1150. The van der Waals surface area contributed by atoms with Crippen LogP contribution in [0.25, 0.3) is 5.57 Å². The highest BCUT2D eigenvalue weighted by atomic mass is 19.1. The second-order valence-electron chi connectivity index (χ2n) is 7.77. The zero-order chi connectivity index (χ0) is 21.4. The van der Waals surface area contributed by atoms with Gasteiger partial charge in [-0.05, 0) is 54.4 Å². The summed E-state index contributed by atoms with van der Waals surface area (Å²) in [6, 6.07) is 14.0. The zero-order valence-electron chi connectivity index (χ0n) is 17.1. The molecule has 0 spiro atoms. The van der Waals surface area contributed by atoms with Crippen molar-refractivity contribution in [2.75, 3.05) is 19.6 Å². The van der Waals surface area contributed by atoms with E-state index in [-0.39, 0.29) is 17.8 Å². The number of pyridine rings is 2. The van der Waals surface area contributed by atoms with Crippen molar-refractivity contribution in [2.45, 2.75) is 13.0 Å². The zero-order valence-corrected chi connectivity index (χ0v) is 17.1. The molecule has 5 rings (SSSR count). The van der Waals surface area contributed by atoms with E-state index in [2.05, 4.69) is 20.4 Å². The molecule has 0 saturated carbocycles. The molecule has 156 valence electrons. The van der Waals surface area contributed by atoms with Gasteiger partial charge in [0.25, 0.3) is 5.91 Å². The summed E-state index contributed by atoms with van der Waals surface area (Å²) in [4.78, 5) is 23.3. The van der Waals surface area contributed by atoms with Gasteiger partial charge in [0.15, 0.2) is 0 Å². The lowest BCUT2D eigenvalue weighted by Crippen LogP contribution is -2.49. The number of hydrazine groups is 1. The Hall–Kier alpha value is -3.58. The Morgan fingerprint density at radius 3 is 2.58 bits per heavy atom. The van der Waals surface area contributed by atoms with Crippen molar-refractivity contribution in [2.24, 2.45) is 0 Å². The van der Waals surface area contributed by atoms with Crippen LogP contribution in [0.3, 0.4) is 0 Å². The predicted octanol–water partition coefficient (Wildman–Crippen LogP) is 3.35. The van der Waals surface area contributed by atoms with Gasteiger partial charge in [-0.25, -0.2) is 9.82 Å². The molecular weight excluding hydrogens is 393 g/mol. The number of benzene rings is 1. The minimum absolute atomic E-state index is 0.00922. The molecule has 6 nitrogen and oxygen atoms in total. The lowest BCUT2D eigenvalue weighted by Gasteiger charge is -2.35. The van der Waals surface area contributed by atoms with Gasteiger partial charge in [0.2, 0.25) is 0 Å². The Morgan fingerprint density at radius 1 is 1.06 bits per heavy atom. The molecular formula is C24H22FN5O. The molecule has 1 fully saturated rings. The number of hydrogen-bond donors (Lipinski definition) is 1. The first-order chi connectivity index (χ1) is 15.1. The van der Waals surface area contributed by atoms with Crippen molar-refractivity contribution in [3.8, 4) is 0 Å². The highest BCUT2D eigenvalue weighted by Crippen LogP contribution is 2.40. The molecule has 0 aliphatic carbocycles. The molecule has 2 aliphatic heterocycles. The minimum Gasteiger partial charge on any atom is -0.331 e. The van der Waals surface area contributed by atoms with Crippen LogP contribution < -0.4 is 5.43 Å². The smallest absolute Gasteiger partial charge is 0.254 e. The molecule has 1 aromatic carbocycles. The van der Waals surface area contributed by atoms with Crippen LogP contribution in [0.15, 0.2) is 72.8 Å². The Balaban J connectivity index is 1.56. The predicted molar refractivity (Wildman–Crippen MR) is 115 cm³/mol. The third kappa shape index (κ3) is 3.68. The highest BCUT2D eigenvalue weighted by molar-refractivity contribution is 5.94. The fraction of sp³-hybridized carbons (Fsp3) is 0.208. The number of carbonyl (C=O) groups is 1. The molecule has 31 heavy (non-hydrogen) atoms. The quantitative estimate of drug-likeness (QED) is 0.711. The number of carbonyl (C=O) groups excluding carboxylic acids is 1. The van der Waals surface area contributed by atoms with Gasteiger partial charge in [-0.1, -0.05) is 12.1 Å². The lowest BCUT2D eigenvalue weighted by molar-refractivity contribution is 0.0672. The molecule has 1 N–H and O–H groups in total. The molecule has 1 atom stereocenters. The molecule has 2 aromatic heterocycles. The van der Waals surface area contributed by atoms with Crippen molar-refractivity contribution in [1.82, 2.24) is 25.3 Å². The first kappa shape index (κ1) is 19.4. The number of piperazine rings is 1. The summed E-state index contributed by atoms with van der Waals surface area (Å²) in [6.07, 6.45) is 5.07. The van der Waals surface area contributed by atoms with Crippen molar-refractivity contribution in [3.05, 3.63) is 101 Å². The maximum absolute atomic E-state index is 13.5. The normalized spacial score (nSPS) is 18.3. The monoisotopic (exact) mass is 415 g/mol. The number of rotatable bonds is 3. The van der Waals surface area contributed by atoms with Crippen molar-refractivity contribution in [3.63, 3.8) is 0 Å². The lowest BCUT2D eigenvalue weighted by atomic mass is 9.92. The molecule has 1 unspecified atom stereocenters. The van der Waals surface area contributed by atoms with Crippen LogP contribution in [0.2, 0.25) is 0 Å². The summed E-state index contributed by atoms with van der Waals surface area (Å²) < 4.78 is 13.5. The number of amides is 1. The molecule has 0 bridgehead atoms. The molecule has 0 radical (unpaired) electrons. The van der Waals surface area contributed by atoms with Crippen LogP contribution in [0.4, 0.5) is 4.39 Å². The molecule has 1 amide bonds. The van der Waals surface area contributed by atoms with Gasteiger partial charge in [-0.15, -0.1) is 0 Å². The van der Waals surface area contributed by atoms with Crippen molar-refractivity contribution in [1.29, 1.82) is 0 Å². The summed E-state index contributed by atoms with van der Waals surface area (Å²) in [7, 11) is 0. The topological polar surface area (TPSA) is 61.4 Å². The number of halogens is 1. The van der Waals surface area contributed by atoms with Crippen LogP contribution in [-0.2, 0) is 0 Å². The fourth-order valence-electron chi connectivity index (χ4n) is 4.25. The van der Waals surface area contributed by atoms with E-state index in [0.29, 0.717) is 25.2 Å². The maximum atomic E-state index is 13.5. The van der Waals surface area contributed by atoms with Gasteiger partial charge in [-0.3, -0.25) is 14.8 Å². The first-order valence-electron chi connectivity index (χ1n) is 10.2. The second kappa shape index (κ2) is 7.92. The van der Waals surface area contributed by atoms with Crippen molar-refractivity contribution < 1.29 is 9.18 Å². The van der Waals surface area contributed by atoms with E-state index in [1.54, 1.807) is 42.9 Å². The number of aryl methyl sites for hydroxylation is 1. The highest BCUT2D eigenvalue weighted by Gasteiger charge is 2.37. The number of fused-ring (bicyclic) bond motifs is 1. The van der Waals surface area contributed by atoms with E-state index < -0.39 is 0 Å². The van der Waals surface area contributed by atoms with Crippen LogP contribution in [0, 0.1) is 12.7 Å². The summed E-state index contributed by atoms with van der Waals surface area (Å²) >= 11 is 0. The van der Waals surface area contributed by atoms with Gasteiger partial charge in [0.05, 0.1) is 24.8 Å². The van der Waals surface area contributed by atoms with Gasteiger partial charge >= 0.3 is 0 Å². The maximum Gasteiger partial charge on any atom is 0.254 e. The minimum atomic E-state index is -0.262. The van der Waals surface area contributed by atoms with E-state index in [1.165, 1.54) is 12.1 Å². The van der Waals surface area contributed by atoms with E-state index in [4.69, 9.17) is 0 Å². The van der Waals surface area contributed by atoms with Crippen LogP contribution >= 0.6 is 0 Å². The van der Waals surface area contributed by atoms with Gasteiger partial charge < -0.3 is 9.91 Å². The van der Waals surface area contributed by atoms with Gasteiger partial charge in [0.1, 0.15) is 5.82 Å². The van der Waals surface area contributed by atoms with Crippen LogP contribution in [0.5, 0.6) is 0 Å². The number of nitrogens with one attached hydrogen (secondary N) is 1. The molecule has 7 heteroatoms. The Kier molecular flexibility index (Phi) is 4.95. The number of nitrogens with zero attached hydrogens (tertiary/aromatic N) is 4. The molecule has 3 aromatic rings. The van der Waals surface area contributed by atoms with Crippen molar-refractivity contribution >= 4 is 11.5 Å². The summed E-state index contributed by atoms with van der Waals surface area (Å²) in [6.45, 7) is 3.72. The SMILES string of the molecule is Cc1cc(C2=C3CN(C(=O)c4ccncc4)CCN3NC2c2ccc(F)cc2)ccn1. The summed E-state index contributed by atoms with van der Waals surface area (Å²) in [5.41, 5.74) is 9.27. The molecule has 1 saturated heterocycles. The average Bonchev–Trinajstić information content (AvgIpc) is 3.18. The van der Waals surface area contributed by atoms with E-state index in [1.807, 2.05) is 24.0 Å². The Labute approximate surface area is 180 Å². The van der Waals surface area contributed by atoms with E-state index >= 15 is 0 Å².